The summed E-state index contributed by atoms with van der Waals surface area (Å²) in [6, 6.07) is 11.6. The second-order valence-corrected chi connectivity index (χ2v) is 8.24. The minimum Gasteiger partial charge on any atom is -0.353 e. The van der Waals surface area contributed by atoms with Gasteiger partial charge in [-0.1, -0.05) is 43.6 Å². The first kappa shape index (κ1) is 21.5. The second-order valence-electron chi connectivity index (χ2n) is 7.84. The van der Waals surface area contributed by atoms with Gasteiger partial charge < -0.3 is 15.1 Å². The van der Waals surface area contributed by atoms with Gasteiger partial charge in [-0.2, -0.15) is 0 Å². The van der Waals surface area contributed by atoms with Crippen molar-refractivity contribution in [1.29, 1.82) is 0 Å². The first-order valence-corrected chi connectivity index (χ1v) is 10.7. The van der Waals surface area contributed by atoms with E-state index in [0.29, 0.717) is 24.0 Å². The Morgan fingerprint density at radius 1 is 1.10 bits per heavy atom. The van der Waals surface area contributed by atoms with Crippen LogP contribution in [0.15, 0.2) is 36.4 Å². The number of benzene rings is 1. The molecule has 1 aromatic heterocycles. The average Bonchev–Trinajstić information content (AvgIpc) is 2.98. The van der Waals surface area contributed by atoms with E-state index in [1.807, 2.05) is 41.3 Å². The van der Waals surface area contributed by atoms with E-state index in [0.717, 1.165) is 56.1 Å². The number of aromatic nitrogens is 2. The Morgan fingerprint density at radius 3 is 2.66 bits per heavy atom. The predicted molar refractivity (Wildman–Crippen MR) is 118 cm³/mol. The van der Waals surface area contributed by atoms with E-state index >= 15 is 0 Å². The van der Waals surface area contributed by atoms with E-state index in [4.69, 9.17) is 11.6 Å². The monoisotopic (exact) mass is 415 g/mol. The SMILES string of the molecule is CC(C)CCNCC(=O)N1CCCN(c2ccc(-c3ccccc3Cl)nn2)CC1. The largest absolute Gasteiger partial charge is 0.353 e. The molecule has 0 atom stereocenters. The summed E-state index contributed by atoms with van der Waals surface area (Å²) in [5.74, 6) is 1.66. The van der Waals surface area contributed by atoms with Gasteiger partial charge in [0.05, 0.1) is 17.3 Å². The third-order valence-electron chi connectivity index (χ3n) is 5.15. The summed E-state index contributed by atoms with van der Waals surface area (Å²) in [4.78, 5) is 16.6. The molecule has 3 rings (SSSR count). The van der Waals surface area contributed by atoms with Gasteiger partial charge in [-0.15, -0.1) is 10.2 Å². The molecular formula is C22H30ClN5O. The number of nitrogens with zero attached hydrogens (tertiary/aromatic N) is 4. The van der Waals surface area contributed by atoms with Crippen LogP contribution in [0.5, 0.6) is 0 Å². The topological polar surface area (TPSA) is 61.4 Å². The molecule has 0 unspecified atom stereocenters. The standard InChI is InChI=1S/C22H30ClN5O/c1-17(2)10-11-24-16-22(29)28-13-5-12-27(14-15-28)21-9-8-20(25-26-21)18-6-3-4-7-19(18)23/h3-4,6-9,17,24H,5,10-16H2,1-2H3. The van der Waals surface area contributed by atoms with Crippen LogP contribution in [0.25, 0.3) is 11.3 Å². The van der Waals surface area contributed by atoms with E-state index in [1.54, 1.807) is 0 Å². The summed E-state index contributed by atoms with van der Waals surface area (Å²) in [6.45, 7) is 8.80. The summed E-state index contributed by atoms with van der Waals surface area (Å²) in [5.41, 5.74) is 1.64. The molecule has 1 amide bonds. The number of carbonyl (C=O) groups excluding carboxylic acids is 1. The Morgan fingerprint density at radius 2 is 1.93 bits per heavy atom. The van der Waals surface area contributed by atoms with Crippen LogP contribution in [0.1, 0.15) is 26.7 Å². The maximum Gasteiger partial charge on any atom is 0.236 e. The van der Waals surface area contributed by atoms with Crippen molar-refractivity contribution in [2.45, 2.75) is 26.7 Å². The van der Waals surface area contributed by atoms with Gasteiger partial charge in [-0.25, -0.2) is 0 Å². The van der Waals surface area contributed by atoms with Crippen LogP contribution in [-0.4, -0.2) is 60.3 Å². The van der Waals surface area contributed by atoms with Crippen molar-refractivity contribution >= 4 is 23.3 Å². The number of hydrogen-bond donors (Lipinski definition) is 1. The van der Waals surface area contributed by atoms with Crippen LogP contribution >= 0.6 is 11.6 Å². The van der Waals surface area contributed by atoms with Gasteiger partial charge in [-0.3, -0.25) is 4.79 Å². The molecule has 0 spiro atoms. The van der Waals surface area contributed by atoms with Crippen LogP contribution in [0, 0.1) is 5.92 Å². The number of halogens is 1. The molecule has 29 heavy (non-hydrogen) atoms. The van der Waals surface area contributed by atoms with Crippen LogP contribution in [-0.2, 0) is 4.79 Å². The zero-order valence-electron chi connectivity index (χ0n) is 17.3. The first-order chi connectivity index (χ1) is 14.0. The van der Waals surface area contributed by atoms with Gasteiger partial charge in [0.2, 0.25) is 5.91 Å². The fourth-order valence-corrected chi connectivity index (χ4v) is 3.63. The predicted octanol–water partition coefficient (Wildman–Crippen LogP) is 3.47. The molecule has 7 heteroatoms. The molecule has 0 radical (unpaired) electrons. The summed E-state index contributed by atoms with van der Waals surface area (Å²) in [7, 11) is 0. The molecule has 2 aromatic rings. The lowest BCUT2D eigenvalue weighted by Gasteiger charge is -2.23. The lowest BCUT2D eigenvalue weighted by molar-refractivity contribution is -0.130. The number of amides is 1. The number of rotatable bonds is 7. The zero-order chi connectivity index (χ0) is 20.6. The maximum absolute atomic E-state index is 12.5. The highest BCUT2D eigenvalue weighted by atomic mass is 35.5. The molecule has 0 saturated carbocycles. The van der Waals surface area contributed by atoms with E-state index in [1.165, 1.54) is 0 Å². The molecule has 156 valence electrons. The van der Waals surface area contributed by atoms with Gasteiger partial charge in [0.25, 0.3) is 0 Å². The third-order valence-corrected chi connectivity index (χ3v) is 5.48. The molecule has 1 fully saturated rings. The van der Waals surface area contributed by atoms with Crippen LogP contribution in [0.3, 0.4) is 0 Å². The van der Waals surface area contributed by atoms with Crippen LogP contribution in [0.4, 0.5) is 5.82 Å². The van der Waals surface area contributed by atoms with Gasteiger partial charge in [-0.05, 0) is 43.5 Å². The average molecular weight is 416 g/mol. The summed E-state index contributed by atoms with van der Waals surface area (Å²) < 4.78 is 0. The number of hydrogen-bond acceptors (Lipinski definition) is 5. The molecule has 6 nitrogen and oxygen atoms in total. The molecule has 0 bridgehead atoms. The van der Waals surface area contributed by atoms with Gasteiger partial charge in [0, 0.05) is 31.7 Å². The minimum atomic E-state index is 0.177. The summed E-state index contributed by atoms with van der Waals surface area (Å²) in [5, 5.41) is 12.7. The Kier molecular flexibility index (Phi) is 7.83. The van der Waals surface area contributed by atoms with Crippen molar-refractivity contribution < 1.29 is 4.79 Å². The van der Waals surface area contributed by atoms with Crippen molar-refractivity contribution in [3.63, 3.8) is 0 Å². The highest BCUT2D eigenvalue weighted by Gasteiger charge is 2.20. The number of carbonyl (C=O) groups is 1. The molecule has 1 aromatic carbocycles. The molecule has 0 aliphatic carbocycles. The van der Waals surface area contributed by atoms with Gasteiger partial charge in [0.15, 0.2) is 5.82 Å². The molecule has 1 aliphatic heterocycles. The number of nitrogens with one attached hydrogen (secondary N) is 1. The van der Waals surface area contributed by atoms with Crippen molar-refractivity contribution in [2.24, 2.45) is 5.92 Å². The fraction of sp³-hybridized carbons (Fsp3) is 0.500. The molecular weight excluding hydrogens is 386 g/mol. The van der Waals surface area contributed by atoms with Crippen molar-refractivity contribution in [3.05, 3.63) is 41.4 Å². The van der Waals surface area contributed by atoms with E-state index in [9.17, 15) is 4.79 Å². The third kappa shape index (κ3) is 6.15. The van der Waals surface area contributed by atoms with Crippen molar-refractivity contribution in [1.82, 2.24) is 20.4 Å². The Bertz CT molecular complexity index is 796. The van der Waals surface area contributed by atoms with E-state index < -0.39 is 0 Å². The lowest BCUT2D eigenvalue weighted by atomic mass is 10.1. The minimum absolute atomic E-state index is 0.177. The molecule has 1 aliphatic rings. The van der Waals surface area contributed by atoms with Crippen molar-refractivity contribution in [3.8, 4) is 11.3 Å². The lowest BCUT2D eigenvalue weighted by Crippen LogP contribution is -2.40. The smallest absolute Gasteiger partial charge is 0.236 e. The normalized spacial score (nSPS) is 14.9. The Labute approximate surface area is 178 Å². The highest BCUT2D eigenvalue weighted by molar-refractivity contribution is 6.33. The Balaban J connectivity index is 1.54. The molecule has 1 saturated heterocycles. The quantitative estimate of drug-likeness (QED) is 0.701. The van der Waals surface area contributed by atoms with Crippen LogP contribution < -0.4 is 10.2 Å². The maximum atomic E-state index is 12.5. The molecule has 1 N–H and O–H groups in total. The highest BCUT2D eigenvalue weighted by Crippen LogP contribution is 2.26. The van der Waals surface area contributed by atoms with E-state index in [2.05, 4.69) is 34.3 Å². The fourth-order valence-electron chi connectivity index (χ4n) is 3.40. The van der Waals surface area contributed by atoms with Gasteiger partial charge in [0.1, 0.15) is 0 Å². The zero-order valence-corrected chi connectivity index (χ0v) is 18.0. The Hall–Kier alpha value is -2.18. The van der Waals surface area contributed by atoms with Crippen LogP contribution in [0.2, 0.25) is 5.02 Å². The summed E-state index contributed by atoms with van der Waals surface area (Å²) in [6.07, 6.45) is 2.01. The van der Waals surface area contributed by atoms with Gasteiger partial charge >= 0.3 is 0 Å². The van der Waals surface area contributed by atoms with Crippen molar-refractivity contribution in [2.75, 3.05) is 44.2 Å². The molecule has 2 heterocycles. The number of anilines is 1. The van der Waals surface area contributed by atoms with E-state index in [-0.39, 0.29) is 5.91 Å². The first-order valence-electron chi connectivity index (χ1n) is 10.4. The summed E-state index contributed by atoms with van der Waals surface area (Å²) >= 11 is 6.25. The second kappa shape index (κ2) is 10.6.